The molecule has 7 heteroatoms. The lowest BCUT2D eigenvalue weighted by Gasteiger charge is -2.12. The zero-order valence-electron chi connectivity index (χ0n) is 18.1. The van der Waals surface area contributed by atoms with Crippen LogP contribution in [-0.4, -0.2) is 42.5 Å². The van der Waals surface area contributed by atoms with Crippen molar-refractivity contribution in [3.8, 4) is 22.7 Å². The van der Waals surface area contributed by atoms with Gasteiger partial charge in [0.05, 0.1) is 26.5 Å². The first-order valence-corrected chi connectivity index (χ1v) is 10.0. The van der Waals surface area contributed by atoms with Crippen LogP contribution in [0.5, 0.6) is 5.75 Å². The molecule has 0 spiro atoms. The van der Waals surface area contributed by atoms with Crippen LogP contribution in [0.25, 0.3) is 16.9 Å². The van der Waals surface area contributed by atoms with Crippen molar-refractivity contribution >= 4 is 11.9 Å². The van der Waals surface area contributed by atoms with Gasteiger partial charge in [-0.25, -0.2) is 14.3 Å². The average molecular weight is 422 g/mol. The number of hydrogen-bond acceptors (Lipinski definition) is 6. The third-order valence-corrected chi connectivity index (χ3v) is 4.75. The summed E-state index contributed by atoms with van der Waals surface area (Å²) in [6, 6.07) is 16.4. The molecule has 0 amide bonds. The first-order chi connectivity index (χ1) is 15.0. The summed E-state index contributed by atoms with van der Waals surface area (Å²) >= 11 is 0. The number of rotatable bonds is 8. The first kappa shape index (κ1) is 22.1. The van der Waals surface area contributed by atoms with Crippen LogP contribution in [0.2, 0.25) is 0 Å². The van der Waals surface area contributed by atoms with E-state index in [9.17, 15) is 9.59 Å². The van der Waals surface area contributed by atoms with Gasteiger partial charge < -0.3 is 14.2 Å². The molecule has 0 bridgehead atoms. The number of para-hydroxylation sites is 2. The van der Waals surface area contributed by atoms with Crippen molar-refractivity contribution in [2.45, 2.75) is 20.3 Å². The number of esters is 2. The second-order valence-electron chi connectivity index (χ2n) is 7.33. The molecule has 31 heavy (non-hydrogen) atoms. The maximum atomic E-state index is 12.8. The second kappa shape index (κ2) is 9.93. The van der Waals surface area contributed by atoms with E-state index in [2.05, 4.69) is 18.9 Å². The maximum absolute atomic E-state index is 12.8. The number of carbonyl (C=O) groups excluding carboxylic acids is 2. The predicted octanol–water partition coefficient (Wildman–Crippen LogP) is 4.54. The lowest BCUT2D eigenvalue weighted by Crippen LogP contribution is -2.15. The SMILES string of the molecule is COC(=O)c1c(-c2ccccc2OCCC(C)C)nn(-c2ccccc2)c1C(=O)OC. The van der Waals surface area contributed by atoms with Gasteiger partial charge >= 0.3 is 11.9 Å². The fourth-order valence-electron chi connectivity index (χ4n) is 3.14. The van der Waals surface area contributed by atoms with Gasteiger partial charge in [0.2, 0.25) is 0 Å². The lowest BCUT2D eigenvalue weighted by atomic mass is 10.0. The number of methoxy groups -OCH3 is 2. The Balaban J connectivity index is 2.23. The molecule has 0 unspecified atom stereocenters. The molecule has 7 nitrogen and oxygen atoms in total. The number of carbonyl (C=O) groups is 2. The summed E-state index contributed by atoms with van der Waals surface area (Å²) in [4.78, 5) is 25.5. The maximum Gasteiger partial charge on any atom is 0.357 e. The Kier molecular flexibility index (Phi) is 7.07. The minimum Gasteiger partial charge on any atom is -0.493 e. The fourth-order valence-corrected chi connectivity index (χ4v) is 3.14. The van der Waals surface area contributed by atoms with Crippen molar-refractivity contribution in [3.05, 3.63) is 65.9 Å². The van der Waals surface area contributed by atoms with E-state index in [4.69, 9.17) is 14.2 Å². The predicted molar refractivity (Wildman–Crippen MR) is 117 cm³/mol. The van der Waals surface area contributed by atoms with Gasteiger partial charge in [-0.3, -0.25) is 0 Å². The topological polar surface area (TPSA) is 79.7 Å². The van der Waals surface area contributed by atoms with Gasteiger partial charge in [0.1, 0.15) is 17.0 Å². The molecule has 0 aliphatic rings. The van der Waals surface area contributed by atoms with Gasteiger partial charge in [-0.2, -0.15) is 5.10 Å². The number of nitrogens with zero attached hydrogens (tertiary/aromatic N) is 2. The summed E-state index contributed by atoms with van der Waals surface area (Å²) in [5, 5.41) is 4.63. The van der Waals surface area contributed by atoms with Gasteiger partial charge in [0.15, 0.2) is 5.69 Å². The second-order valence-corrected chi connectivity index (χ2v) is 7.33. The van der Waals surface area contributed by atoms with Crippen LogP contribution in [0.15, 0.2) is 54.6 Å². The zero-order valence-corrected chi connectivity index (χ0v) is 18.1. The molecule has 0 N–H and O–H groups in total. The molecular weight excluding hydrogens is 396 g/mol. The van der Waals surface area contributed by atoms with Crippen molar-refractivity contribution < 1.29 is 23.8 Å². The average Bonchev–Trinajstić information content (AvgIpc) is 3.19. The Hall–Kier alpha value is -3.61. The Morgan fingerprint density at radius 2 is 1.58 bits per heavy atom. The van der Waals surface area contributed by atoms with Crippen LogP contribution >= 0.6 is 0 Å². The third kappa shape index (κ3) is 4.77. The first-order valence-electron chi connectivity index (χ1n) is 10.0. The molecular formula is C24H26N2O5. The molecule has 0 aliphatic carbocycles. The molecule has 3 rings (SSSR count). The molecule has 0 aliphatic heterocycles. The van der Waals surface area contributed by atoms with Crippen LogP contribution in [0.4, 0.5) is 0 Å². The molecule has 0 radical (unpaired) electrons. The van der Waals surface area contributed by atoms with Crippen molar-refractivity contribution in [2.75, 3.05) is 20.8 Å². The van der Waals surface area contributed by atoms with E-state index < -0.39 is 11.9 Å². The Bertz CT molecular complexity index is 1060. The van der Waals surface area contributed by atoms with Crippen LogP contribution in [0.1, 0.15) is 41.1 Å². The quantitative estimate of drug-likeness (QED) is 0.496. The van der Waals surface area contributed by atoms with Crippen LogP contribution < -0.4 is 4.74 Å². The molecule has 2 aromatic carbocycles. The van der Waals surface area contributed by atoms with E-state index in [0.717, 1.165) is 6.42 Å². The Morgan fingerprint density at radius 1 is 0.935 bits per heavy atom. The van der Waals surface area contributed by atoms with Crippen molar-refractivity contribution in [1.82, 2.24) is 9.78 Å². The number of hydrogen-bond donors (Lipinski definition) is 0. The highest BCUT2D eigenvalue weighted by Crippen LogP contribution is 2.35. The normalized spacial score (nSPS) is 10.7. The van der Waals surface area contributed by atoms with Crippen molar-refractivity contribution in [2.24, 2.45) is 5.92 Å². The van der Waals surface area contributed by atoms with E-state index in [1.54, 1.807) is 18.2 Å². The summed E-state index contributed by atoms with van der Waals surface area (Å²) < 4.78 is 17.4. The number of aromatic nitrogens is 2. The van der Waals surface area contributed by atoms with E-state index in [0.29, 0.717) is 29.5 Å². The largest absolute Gasteiger partial charge is 0.493 e. The molecule has 0 atom stereocenters. The monoisotopic (exact) mass is 422 g/mol. The lowest BCUT2D eigenvalue weighted by molar-refractivity contribution is 0.0549. The smallest absolute Gasteiger partial charge is 0.357 e. The molecule has 0 saturated carbocycles. The summed E-state index contributed by atoms with van der Waals surface area (Å²) in [5.41, 5.74) is 1.51. The van der Waals surface area contributed by atoms with E-state index in [-0.39, 0.29) is 17.0 Å². The highest BCUT2D eigenvalue weighted by atomic mass is 16.5. The Labute approximate surface area is 181 Å². The van der Waals surface area contributed by atoms with E-state index in [1.807, 2.05) is 36.4 Å². The van der Waals surface area contributed by atoms with Gasteiger partial charge in [-0.05, 0) is 36.6 Å². The van der Waals surface area contributed by atoms with Crippen LogP contribution in [-0.2, 0) is 9.47 Å². The van der Waals surface area contributed by atoms with Gasteiger partial charge in [-0.15, -0.1) is 0 Å². The minimum atomic E-state index is -0.693. The van der Waals surface area contributed by atoms with Gasteiger partial charge in [0, 0.05) is 5.56 Å². The van der Waals surface area contributed by atoms with Crippen LogP contribution in [0, 0.1) is 5.92 Å². The van der Waals surface area contributed by atoms with Crippen LogP contribution in [0.3, 0.4) is 0 Å². The summed E-state index contributed by atoms with van der Waals surface area (Å²) in [6.07, 6.45) is 0.879. The van der Waals surface area contributed by atoms with Crippen molar-refractivity contribution in [1.29, 1.82) is 0 Å². The Morgan fingerprint density at radius 3 is 2.23 bits per heavy atom. The highest BCUT2D eigenvalue weighted by molar-refractivity contribution is 6.07. The summed E-state index contributed by atoms with van der Waals surface area (Å²) in [6.45, 7) is 4.76. The van der Waals surface area contributed by atoms with E-state index in [1.165, 1.54) is 18.9 Å². The highest BCUT2D eigenvalue weighted by Gasteiger charge is 2.32. The minimum absolute atomic E-state index is 0.00691. The molecule has 3 aromatic rings. The molecule has 0 fully saturated rings. The summed E-state index contributed by atoms with van der Waals surface area (Å²) in [5.74, 6) is -0.320. The zero-order chi connectivity index (χ0) is 22.4. The number of ether oxygens (including phenoxy) is 3. The number of benzene rings is 2. The van der Waals surface area contributed by atoms with Gasteiger partial charge in [-0.1, -0.05) is 44.2 Å². The molecule has 162 valence electrons. The standard InChI is InChI=1S/C24H26N2O5/c1-16(2)14-15-31-19-13-9-8-12-18(19)21-20(23(27)29-3)22(24(28)30-4)26(25-21)17-10-6-5-7-11-17/h5-13,16H,14-15H2,1-4H3. The summed E-state index contributed by atoms with van der Waals surface area (Å²) in [7, 11) is 2.52. The van der Waals surface area contributed by atoms with Gasteiger partial charge in [0.25, 0.3) is 0 Å². The molecule has 0 saturated heterocycles. The molecule has 1 heterocycles. The fraction of sp³-hybridized carbons (Fsp3) is 0.292. The van der Waals surface area contributed by atoms with E-state index >= 15 is 0 Å². The molecule has 1 aromatic heterocycles. The van der Waals surface area contributed by atoms with Crippen molar-refractivity contribution in [3.63, 3.8) is 0 Å². The third-order valence-electron chi connectivity index (χ3n) is 4.75.